The number of likely N-dealkylation sites (N-methyl/N-ethyl adjacent to an activating group) is 1. The lowest BCUT2D eigenvalue weighted by molar-refractivity contribution is 0.140. The lowest BCUT2D eigenvalue weighted by atomic mass is 9.92. The van der Waals surface area contributed by atoms with Gasteiger partial charge >= 0.3 is 0 Å². The first-order valence-corrected chi connectivity index (χ1v) is 9.58. The molecule has 3 unspecified atom stereocenters. The monoisotopic (exact) mass is 451 g/mol. The van der Waals surface area contributed by atoms with Crippen LogP contribution >= 0.6 is 24.0 Å². The Bertz CT molecular complexity index is 366. The van der Waals surface area contributed by atoms with Crippen molar-refractivity contribution in [1.82, 2.24) is 15.1 Å². The summed E-state index contributed by atoms with van der Waals surface area (Å²) in [4.78, 5) is 9.65. The Hall–Kier alpha value is -0.0800. The number of rotatable bonds is 7. The molecule has 2 heterocycles. The van der Waals surface area contributed by atoms with Gasteiger partial charge in [-0.05, 0) is 57.2 Å². The minimum Gasteiger partial charge on any atom is -0.370 e. The average molecular weight is 451 g/mol. The van der Waals surface area contributed by atoms with E-state index < -0.39 is 0 Å². The molecule has 0 spiro atoms. The molecule has 142 valence electrons. The van der Waals surface area contributed by atoms with E-state index >= 15 is 0 Å². The lowest BCUT2D eigenvalue weighted by Crippen LogP contribution is -2.41. The van der Waals surface area contributed by atoms with Gasteiger partial charge in [0.25, 0.3) is 0 Å². The van der Waals surface area contributed by atoms with Crippen molar-refractivity contribution in [3.63, 3.8) is 0 Å². The topological polar surface area (TPSA) is 56.9 Å². The van der Waals surface area contributed by atoms with Crippen molar-refractivity contribution in [2.75, 3.05) is 45.8 Å². The fourth-order valence-corrected chi connectivity index (χ4v) is 4.27. The highest BCUT2D eigenvalue weighted by Crippen LogP contribution is 2.20. The summed E-state index contributed by atoms with van der Waals surface area (Å²) in [5, 5.41) is 3.28. The normalized spacial score (nSPS) is 29.5. The van der Waals surface area contributed by atoms with Crippen LogP contribution < -0.4 is 11.1 Å². The Morgan fingerprint density at radius 1 is 1.25 bits per heavy atom. The van der Waals surface area contributed by atoms with Crippen LogP contribution in [0.25, 0.3) is 0 Å². The number of nitrogens with one attached hydrogen (secondary N) is 1. The SMILES string of the molecule is CCN1CCCC1CN=C(N)NCCCN1CC(C)CC(C)C1.I. The third kappa shape index (κ3) is 7.44. The van der Waals surface area contributed by atoms with Crippen molar-refractivity contribution in [2.24, 2.45) is 22.6 Å². The maximum Gasteiger partial charge on any atom is 0.188 e. The number of halogens is 1. The van der Waals surface area contributed by atoms with Gasteiger partial charge in [-0.2, -0.15) is 0 Å². The summed E-state index contributed by atoms with van der Waals surface area (Å²) < 4.78 is 0. The molecule has 24 heavy (non-hydrogen) atoms. The Morgan fingerprint density at radius 3 is 2.62 bits per heavy atom. The number of hydrogen-bond donors (Lipinski definition) is 2. The summed E-state index contributed by atoms with van der Waals surface area (Å²) in [5.74, 6) is 2.30. The molecule has 2 fully saturated rings. The Labute approximate surface area is 165 Å². The average Bonchev–Trinajstić information content (AvgIpc) is 2.96. The van der Waals surface area contributed by atoms with Gasteiger partial charge in [0.1, 0.15) is 0 Å². The van der Waals surface area contributed by atoms with Gasteiger partial charge in [-0.3, -0.25) is 9.89 Å². The molecule has 5 nitrogen and oxygen atoms in total. The predicted molar refractivity (Wildman–Crippen MR) is 114 cm³/mol. The van der Waals surface area contributed by atoms with Crippen LogP contribution in [0.3, 0.4) is 0 Å². The van der Waals surface area contributed by atoms with Crippen molar-refractivity contribution in [1.29, 1.82) is 0 Å². The van der Waals surface area contributed by atoms with Crippen LogP contribution in [-0.4, -0.2) is 67.6 Å². The van der Waals surface area contributed by atoms with Gasteiger partial charge in [0, 0.05) is 25.7 Å². The molecule has 2 aliphatic rings. The lowest BCUT2D eigenvalue weighted by Gasteiger charge is -2.34. The number of piperidine rings is 1. The molecule has 2 rings (SSSR count). The fourth-order valence-electron chi connectivity index (χ4n) is 4.27. The van der Waals surface area contributed by atoms with Crippen LogP contribution in [0.15, 0.2) is 4.99 Å². The first-order valence-electron chi connectivity index (χ1n) is 9.58. The van der Waals surface area contributed by atoms with Crippen LogP contribution in [0.5, 0.6) is 0 Å². The fraction of sp³-hybridized carbons (Fsp3) is 0.944. The summed E-state index contributed by atoms with van der Waals surface area (Å²) in [7, 11) is 0. The van der Waals surface area contributed by atoms with E-state index in [9.17, 15) is 0 Å². The van der Waals surface area contributed by atoms with E-state index in [-0.39, 0.29) is 24.0 Å². The van der Waals surface area contributed by atoms with Gasteiger partial charge in [0.05, 0.1) is 6.54 Å². The van der Waals surface area contributed by atoms with Crippen molar-refractivity contribution < 1.29 is 0 Å². The smallest absolute Gasteiger partial charge is 0.188 e. The molecule has 2 aliphatic heterocycles. The van der Waals surface area contributed by atoms with Gasteiger partial charge in [0.2, 0.25) is 0 Å². The number of hydrogen-bond acceptors (Lipinski definition) is 3. The minimum absolute atomic E-state index is 0. The largest absolute Gasteiger partial charge is 0.370 e. The van der Waals surface area contributed by atoms with E-state index in [1.54, 1.807) is 0 Å². The summed E-state index contributed by atoms with van der Waals surface area (Å²) in [6.45, 7) is 14.8. The second-order valence-electron chi connectivity index (χ2n) is 7.64. The van der Waals surface area contributed by atoms with Crippen molar-refractivity contribution in [3.05, 3.63) is 0 Å². The van der Waals surface area contributed by atoms with Crippen LogP contribution in [0, 0.1) is 11.8 Å². The maximum atomic E-state index is 6.01. The van der Waals surface area contributed by atoms with E-state index in [0.29, 0.717) is 12.0 Å². The van der Waals surface area contributed by atoms with Crippen LogP contribution in [-0.2, 0) is 0 Å². The van der Waals surface area contributed by atoms with Crippen LogP contribution in [0.1, 0.15) is 46.5 Å². The van der Waals surface area contributed by atoms with E-state index in [4.69, 9.17) is 5.73 Å². The first-order chi connectivity index (χ1) is 11.1. The zero-order valence-corrected chi connectivity index (χ0v) is 18.2. The Kier molecular flexibility index (Phi) is 10.5. The van der Waals surface area contributed by atoms with Gasteiger partial charge in [-0.25, -0.2) is 0 Å². The molecular formula is C18H38IN5. The highest BCUT2D eigenvalue weighted by molar-refractivity contribution is 14.0. The molecule has 0 aromatic heterocycles. The molecule has 0 bridgehead atoms. The molecule has 0 aromatic rings. The Morgan fingerprint density at radius 2 is 1.96 bits per heavy atom. The molecule has 0 amide bonds. The van der Waals surface area contributed by atoms with Crippen LogP contribution in [0.4, 0.5) is 0 Å². The van der Waals surface area contributed by atoms with Crippen molar-refractivity contribution >= 4 is 29.9 Å². The van der Waals surface area contributed by atoms with E-state index in [1.807, 2.05) is 0 Å². The zero-order valence-electron chi connectivity index (χ0n) is 15.8. The van der Waals surface area contributed by atoms with Crippen molar-refractivity contribution in [3.8, 4) is 0 Å². The summed E-state index contributed by atoms with van der Waals surface area (Å²) in [5.41, 5.74) is 6.01. The van der Waals surface area contributed by atoms with Gasteiger partial charge in [0.15, 0.2) is 5.96 Å². The molecule has 0 saturated carbocycles. The summed E-state index contributed by atoms with van der Waals surface area (Å²) in [6, 6.07) is 0.594. The van der Waals surface area contributed by atoms with Crippen molar-refractivity contribution in [2.45, 2.75) is 52.5 Å². The second kappa shape index (κ2) is 11.5. The molecule has 2 saturated heterocycles. The van der Waals surface area contributed by atoms with E-state index in [2.05, 4.69) is 40.9 Å². The van der Waals surface area contributed by atoms with Gasteiger partial charge in [-0.15, -0.1) is 24.0 Å². The van der Waals surface area contributed by atoms with Crippen LogP contribution in [0.2, 0.25) is 0 Å². The molecule has 6 heteroatoms. The second-order valence-corrected chi connectivity index (χ2v) is 7.64. The highest BCUT2D eigenvalue weighted by atomic mass is 127. The summed E-state index contributed by atoms with van der Waals surface area (Å²) >= 11 is 0. The first kappa shape index (κ1) is 22.0. The number of nitrogens with zero attached hydrogens (tertiary/aromatic N) is 3. The highest BCUT2D eigenvalue weighted by Gasteiger charge is 2.22. The quantitative estimate of drug-likeness (QED) is 0.270. The molecule has 3 atom stereocenters. The Balaban J connectivity index is 0.00000288. The van der Waals surface area contributed by atoms with E-state index in [1.165, 1.54) is 45.4 Å². The predicted octanol–water partition coefficient (Wildman–Crippen LogP) is 2.36. The molecular weight excluding hydrogens is 413 g/mol. The zero-order chi connectivity index (χ0) is 16.7. The minimum atomic E-state index is 0. The number of likely N-dealkylation sites (tertiary alicyclic amines) is 2. The van der Waals surface area contributed by atoms with Gasteiger partial charge in [-0.1, -0.05) is 20.8 Å². The summed E-state index contributed by atoms with van der Waals surface area (Å²) in [6.07, 6.45) is 5.08. The molecule has 0 aliphatic carbocycles. The van der Waals surface area contributed by atoms with E-state index in [0.717, 1.165) is 37.9 Å². The third-order valence-corrected chi connectivity index (χ3v) is 5.28. The molecule has 3 N–H and O–H groups in total. The number of guanidine groups is 1. The third-order valence-electron chi connectivity index (χ3n) is 5.28. The maximum absolute atomic E-state index is 6.01. The standard InChI is InChI=1S/C18H37N5.HI/c1-4-23-10-5-7-17(23)12-21-18(19)20-8-6-9-22-13-15(2)11-16(3)14-22;/h15-17H,4-14H2,1-3H3,(H3,19,20,21);1H. The number of aliphatic imine (C=N–C) groups is 1. The number of nitrogens with two attached hydrogens (primary N) is 1. The van der Waals surface area contributed by atoms with Gasteiger partial charge < -0.3 is 16.0 Å². The molecule has 0 aromatic carbocycles. The molecule has 0 radical (unpaired) electrons.